The molecule has 2 N–H and O–H groups in total. The van der Waals surface area contributed by atoms with Crippen LogP contribution in [0.25, 0.3) is 11.0 Å². The van der Waals surface area contributed by atoms with Crippen molar-refractivity contribution >= 4 is 27.9 Å². The minimum Gasteiger partial charge on any atom is -0.607 e. The van der Waals surface area contributed by atoms with Gasteiger partial charge in [-0.1, -0.05) is 0 Å². The van der Waals surface area contributed by atoms with Gasteiger partial charge in [-0.2, -0.15) is 0 Å². The monoisotopic (exact) mass is 448 g/mol. The first-order valence-electron chi connectivity index (χ1n) is 8.97. The van der Waals surface area contributed by atoms with Gasteiger partial charge < -0.3 is 33.7 Å². The number of aromatic hydroxyl groups is 2. The van der Waals surface area contributed by atoms with Crippen LogP contribution in [0, 0.1) is 0 Å². The Balaban J connectivity index is 2.61. The number of allylic oxidation sites excluding steroid dienone is 1. The molecule has 0 aliphatic carbocycles. The van der Waals surface area contributed by atoms with Crippen molar-refractivity contribution in [2.45, 2.75) is 6.92 Å². The van der Waals surface area contributed by atoms with Gasteiger partial charge in [0.1, 0.15) is 45.5 Å². The Labute approximate surface area is 183 Å². The summed E-state index contributed by atoms with van der Waals surface area (Å²) in [4.78, 5) is 12.0. The first-order valence-corrected chi connectivity index (χ1v) is 10.2. The topological polar surface area (TPSA) is 118 Å². The van der Waals surface area contributed by atoms with Crippen LogP contribution < -0.4 is 18.9 Å². The molecule has 0 bridgehead atoms. The SMILES string of the molecule is COc1cc(O)cc(OC)c1C=C[S+]([O-])/C(=C/C(C)=O)c1c(OC)cc(O)cc1OC. The maximum Gasteiger partial charge on any atom is 0.176 e. The van der Waals surface area contributed by atoms with Gasteiger partial charge in [-0.05, 0) is 6.92 Å². The Morgan fingerprint density at radius 1 is 0.871 bits per heavy atom. The number of phenols is 2. The Hall–Kier alpha value is -3.30. The number of benzene rings is 2. The standard InChI is InChI=1S/C22H24O8S/c1-13(23)8-21(22-19(29-4)11-15(25)12-20(22)30-5)31(26)7-6-16-17(27-2)9-14(24)10-18(16)28-3/h6-12,24-25H,1-5H3/b7-6?,21-8+. The lowest BCUT2D eigenvalue weighted by molar-refractivity contribution is -0.112. The summed E-state index contributed by atoms with van der Waals surface area (Å²) >= 11 is -1.84. The van der Waals surface area contributed by atoms with Crippen molar-refractivity contribution in [3.8, 4) is 34.5 Å². The maximum atomic E-state index is 13.2. The van der Waals surface area contributed by atoms with Gasteiger partial charge >= 0.3 is 0 Å². The highest BCUT2D eigenvalue weighted by Gasteiger charge is 2.26. The molecule has 8 nitrogen and oxygen atoms in total. The van der Waals surface area contributed by atoms with Crippen LogP contribution in [0.3, 0.4) is 0 Å². The van der Waals surface area contributed by atoms with E-state index < -0.39 is 11.2 Å². The highest BCUT2D eigenvalue weighted by Crippen LogP contribution is 2.42. The number of ether oxygens (including phenoxy) is 4. The largest absolute Gasteiger partial charge is 0.607 e. The van der Waals surface area contributed by atoms with Gasteiger partial charge in [-0.3, -0.25) is 4.79 Å². The summed E-state index contributed by atoms with van der Waals surface area (Å²) in [5.41, 5.74) is 0.716. The molecule has 0 spiro atoms. The predicted molar refractivity (Wildman–Crippen MR) is 118 cm³/mol. The van der Waals surface area contributed by atoms with E-state index in [0.717, 1.165) is 0 Å². The minimum absolute atomic E-state index is 0.0531. The summed E-state index contributed by atoms with van der Waals surface area (Å²) in [6.45, 7) is 1.33. The van der Waals surface area contributed by atoms with E-state index in [-0.39, 0.29) is 39.2 Å². The third-order valence-corrected chi connectivity index (χ3v) is 5.31. The van der Waals surface area contributed by atoms with Crippen LogP contribution in [0.5, 0.6) is 34.5 Å². The van der Waals surface area contributed by atoms with Crippen LogP contribution in [-0.4, -0.2) is 49.0 Å². The average Bonchev–Trinajstić information content (AvgIpc) is 2.74. The van der Waals surface area contributed by atoms with Gasteiger partial charge in [-0.25, -0.2) is 0 Å². The van der Waals surface area contributed by atoms with Crippen molar-refractivity contribution < 1.29 is 38.5 Å². The van der Waals surface area contributed by atoms with E-state index in [1.807, 2.05) is 0 Å². The number of carbonyl (C=O) groups is 1. The molecule has 2 aromatic rings. The molecule has 0 saturated carbocycles. The molecule has 9 heteroatoms. The van der Waals surface area contributed by atoms with Gasteiger partial charge in [0.2, 0.25) is 0 Å². The number of rotatable bonds is 9. The van der Waals surface area contributed by atoms with Crippen molar-refractivity contribution in [3.05, 3.63) is 46.9 Å². The lowest BCUT2D eigenvalue weighted by Gasteiger charge is -2.17. The lowest BCUT2D eigenvalue weighted by Crippen LogP contribution is -2.06. The summed E-state index contributed by atoms with van der Waals surface area (Å²) in [7, 11) is 5.62. The van der Waals surface area contributed by atoms with Gasteiger partial charge in [-0.15, -0.1) is 0 Å². The van der Waals surface area contributed by atoms with Crippen molar-refractivity contribution in [3.63, 3.8) is 0 Å². The lowest BCUT2D eigenvalue weighted by atomic mass is 10.1. The molecular weight excluding hydrogens is 424 g/mol. The van der Waals surface area contributed by atoms with E-state index in [1.54, 1.807) is 0 Å². The summed E-state index contributed by atoms with van der Waals surface area (Å²) < 4.78 is 34.4. The van der Waals surface area contributed by atoms with E-state index in [4.69, 9.17) is 18.9 Å². The zero-order valence-electron chi connectivity index (χ0n) is 17.8. The molecule has 0 saturated heterocycles. The zero-order valence-corrected chi connectivity index (χ0v) is 18.6. The Morgan fingerprint density at radius 2 is 1.29 bits per heavy atom. The average molecular weight is 448 g/mol. The van der Waals surface area contributed by atoms with Crippen LogP contribution >= 0.6 is 0 Å². The second-order valence-corrected chi connectivity index (χ2v) is 7.52. The molecule has 0 fully saturated rings. The Bertz CT molecular complexity index is 963. The highest BCUT2D eigenvalue weighted by atomic mass is 32.2. The van der Waals surface area contributed by atoms with Crippen LogP contribution in [0.1, 0.15) is 18.1 Å². The van der Waals surface area contributed by atoms with Crippen LogP contribution in [0.4, 0.5) is 0 Å². The summed E-state index contributed by atoms with van der Waals surface area (Å²) in [6.07, 6.45) is 2.71. The molecule has 0 amide bonds. The summed E-state index contributed by atoms with van der Waals surface area (Å²) in [5.74, 6) is 0.483. The maximum absolute atomic E-state index is 13.2. The molecule has 0 radical (unpaired) electrons. The molecule has 166 valence electrons. The highest BCUT2D eigenvalue weighted by molar-refractivity contribution is 8.03. The van der Waals surface area contributed by atoms with Gasteiger partial charge in [0.15, 0.2) is 10.7 Å². The molecule has 2 rings (SSSR count). The second kappa shape index (κ2) is 10.6. The Kier molecular flexibility index (Phi) is 8.23. The van der Waals surface area contributed by atoms with Gasteiger partial charge in [0, 0.05) is 47.6 Å². The third-order valence-electron chi connectivity index (χ3n) is 4.18. The molecule has 0 aliphatic heterocycles. The summed E-state index contributed by atoms with van der Waals surface area (Å²) in [5, 5.41) is 21.0. The number of hydrogen-bond donors (Lipinski definition) is 2. The van der Waals surface area contributed by atoms with E-state index in [9.17, 15) is 19.6 Å². The van der Waals surface area contributed by atoms with Crippen molar-refractivity contribution in [2.24, 2.45) is 0 Å². The molecule has 31 heavy (non-hydrogen) atoms. The molecular formula is C22H24O8S. The minimum atomic E-state index is -1.84. The third kappa shape index (κ3) is 5.65. The number of carbonyl (C=O) groups excluding carboxylic acids is 1. The van der Waals surface area contributed by atoms with E-state index in [2.05, 4.69) is 0 Å². The zero-order chi connectivity index (χ0) is 23.1. The van der Waals surface area contributed by atoms with E-state index >= 15 is 0 Å². The fourth-order valence-corrected chi connectivity index (χ4v) is 3.94. The fourth-order valence-electron chi connectivity index (χ4n) is 2.85. The molecule has 1 atom stereocenters. The van der Waals surface area contributed by atoms with Gasteiger partial charge in [0.25, 0.3) is 0 Å². The first-order chi connectivity index (χ1) is 14.7. The number of methoxy groups -OCH3 is 4. The number of hydrogen-bond acceptors (Lipinski definition) is 8. The Morgan fingerprint density at radius 3 is 1.68 bits per heavy atom. The van der Waals surface area contributed by atoms with Crippen molar-refractivity contribution in [1.82, 2.24) is 0 Å². The van der Waals surface area contributed by atoms with E-state index in [0.29, 0.717) is 17.1 Å². The molecule has 0 heterocycles. The second-order valence-electron chi connectivity index (χ2n) is 6.21. The molecule has 2 aromatic carbocycles. The molecule has 1 unspecified atom stereocenters. The molecule has 0 aromatic heterocycles. The number of ketones is 1. The van der Waals surface area contributed by atoms with Crippen molar-refractivity contribution in [1.29, 1.82) is 0 Å². The summed E-state index contributed by atoms with van der Waals surface area (Å²) in [6, 6.07) is 5.45. The smallest absolute Gasteiger partial charge is 0.176 e. The van der Waals surface area contributed by atoms with Crippen LogP contribution in [0.15, 0.2) is 35.7 Å². The van der Waals surface area contributed by atoms with Gasteiger partial charge in [0.05, 0.1) is 34.0 Å². The molecule has 0 aliphatic rings. The van der Waals surface area contributed by atoms with E-state index in [1.165, 1.54) is 77.2 Å². The van der Waals surface area contributed by atoms with Crippen LogP contribution in [0.2, 0.25) is 0 Å². The van der Waals surface area contributed by atoms with Crippen molar-refractivity contribution in [2.75, 3.05) is 28.4 Å². The first kappa shape index (κ1) is 24.0. The quantitative estimate of drug-likeness (QED) is 0.442. The predicted octanol–water partition coefficient (Wildman–Crippen LogP) is 3.48. The number of phenolic OH excluding ortho intramolecular Hbond substituents is 2. The van der Waals surface area contributed by atoms with Crippen LogP contribution in [-0.2, 0) is 16.0 Å². The fraction of sp³-hybridized carbons (Fsp3) is 0.227. The normalized spacial score (nSPS) is 12.5.